The van der Waals surface area contributed by atoms with E-state index in [9.17, 15) is 0 Å². The first-order valence-corrected chi connectivity index (χ1v) is 11.4. The monoisotopic (exact) mass is 425 g/mol. The average Bonchev–Trinajstić information content (AvgIpc) is 3.24. The van der Waals surface area contributed by atoms with E-state index in [1.165, 1.54) is 5.56 Å². The molecular formula is C27H31N5. The molecule has 0 amide bonds. The summed E-state index contributed by atoms with van der Waals surface area (Å²) in [6.07, 6.45) is 1.96. The number of fused-ring (bicyclic) bond motifs is 1. The lowest BCUT2D eigenvalue weighted by atomic mass is 9.91. The molecule has 0 unspecified atom stereocenters. The van der Waals surface area contributed by atoms with Gasteiger partial charge in [0.15, 0.2) is 5.65 Å². The lowest BCUT2D eigenvalue weighted by molar-refractivity contribution is 0.249. The molecule has 3 heterocycles. The van der Waals surface area contributed by atoms with E-state index < -0.39 is 0 Å². The maximum Gasteiger partial charge on any atom is 0.165 e. The zero-order valence-electron chi connectivity index (χ0n) is 19.2. The summed E-state index contributed by atoms with van der Waals surface area (Å²) in [4.78, 5) is 10.1. The molecule has 0 atom stereocenters. The Kier molecular flexibility index (Phi) is 5.43. The topological polar surface area (TPSA) is 36.7 Å². The molecule has 1 saturated heterocycles. The maximum atomic E-state index is 5.07. The molecule has 0 bridgehead atoms. The van der Waals surface area contributed by atoms with Crippen LogP contribution in [-0.4, -0.2) is 45.7 Å². The summed E-state index contributed by atoms with van der Waals surface area (Å²) in [5, 5.41) is 4.78. The van der Waals surface area contributed by atoms with Crippen molar-refractivity contribution in [3.63, 3.8) is 0 Å². The van der Waals surface area contributed by atoms with Gasteiger partial charge in [-0.1, -0.05) is 81.4 Å². The summed E-state index contributed by atoms with van der Waals surface area (Å²) in [7, 11) is 0. The van der Waals surface area contributed by atoms with Crippen LogP contribution in [0.15, 0.2) is 72.9 Å². The molecule has 4 aromatic rings. The van der Waals surface area contributed by atoms with Crippen molar-refractivity contribution in [1.29, 1.82) is 0 Å². The second kappa shape index (κ2) is 8.40. The van der Waals surface area contributed by atoms with Crippen LogP contribution in [0.1, 0.15) is 32.0 Å². The van der Waals surface area contributed by atoms with Gasteiger partial charge in [-0.3, -0.25) is 4.90 Å². The minimum atomic E-state index is -0.0378. The van der Waals surface area contributed by atoms with Crippen molar-refractivity contribution >= 4 is 11.5 Å². The van der Waals surface area contributed by atoms with Crippen molar-refractivity contribution < 1.29 is 0 Å². The Morgan fingerprint density at radius 2 is 1.50 bits per heavy atom. The smallest absolute Gasteiger partial charge is 0.165 e. The Hall–Kier alpha value is -3.18. The van der Waals surface area contributed by atoms with Gasteiger partial charge in [-0.2, -0.15) is 9.61 Å². The van der Waals surface area contributed by atoms with E-state index in [0.717, 1.165) is 61.0 Å². The van der Waals surface area contributed by atoms with Gasteiger partial charge in [0, 0.05) is 49.8 Å². The van der Waals surface area contributed by atoms with Crippen LogP contribution in [0.5, 0.6) is 0 Å². The first-order chi connectivity index (χ1) is 15.5. The normalized spacial score (nSPS) is 15.4. The van der Waals surface area contributed by atoms with Crippen LogP contribution < -0.4 is 4.90 Å². The van der Waals surface area contributed by atoms with Crippen molar-refractivity contribution in [3.05, 3.63) is 84.2 Å². The second-order valence-corrected chi connectivity index (χ2v) is 9.66. The fraction of sp³-hybridized carbons (Fsp3) is 0.333. The molecular weight excluding hydrogens is 394 g/mol. The highest BCUT2D eigenvalue weighted by molar-refractivity contribution is 5.78. The van der Waals surface area contributed by atoms with Crippen molar-refractivity contribution in [2.24, 2.45) is 0 Å². The third kappa shape index (κ3) is 4.13. The molecule has 0 N–H and O–H groups in total. The van der Waals surface area contributed by atoms with Gasteiger partial charge in [0.1, 0.15) is 5.82 Å². The van der Waals surface area contributed by atoms with Crippen LogP contribution in [0.2, 0.25) is 0 Å². The van der Waals surface area contributed by atoms with E-state index >= 15 is 0 Å². The highest BCUT2D eigenvalue weighted by Gasteiger charge is 2.25. The SMILES string of the molecule is CC(C)(C)c1cc(N2CCN(Cc3ccccc3)CC2)n2ncc(-c3ccccc3)c2n1. The molecule has 0 aliphatic carbocycles. The van der Waals surface area contributed by atoms with E-state index in [-0.39, 0.29) is 5.41 Å². The number of hydrogen-bond acceptors (Lipinski definition) is 4. The van der Waals surface area contributed by atoms with Gasteiger partial charge in [-0.15, -0.1) is 0 Å². The number of anilines is 1. The van der Waals surface area contributed by atoms with Gasteiger partial charge >= 0.3 is 0 Å². The van der Waals surface area contributed by atoms with Gasteiger partial charge in [-0.25, -0.2) is 4.98 Å². The number of rotatable bonds is 4. The number of aromatic nitrogens is 3. The van der Waals surface area contributed by atoms with Gasteiger partial charge in [0.2, 0.25) is 0 Å². The Bertz CT molecular complexity index is 1180. The Labute approximate surface area is 190 Å². The number of hydrogen-bond donors (Lipinski definition) is 0. The molecule has 5 heteroatoms. The lowest BCUT2D eigenvalue weighted by Gasteiger charge is -2.36. The number of nitrogens with zero attached hydrogens (tertiary/aromatic N) is 5. The highest BCUT2D eigenvalue weighted by atomic mass is 15.4. The van der Waals surface area contributed by atoms with Crippen molar-refractivity contribution in [1.82, 2.24) is 19.5 Å². The molecule has 1 fully saturated rings. The predicted molar refractivity (Wildman–Crippen MR) is 131 cm³/mol. The molecule has 2 aromatic carbocycles. The fourth-order valence-corrected chi connectivity index (χ4v) is 4.35. The van der Waals surface area contributed by atoms with Gasteiger partial charge in [0.05, 0.1) is 11.9 Å². The van der Waals surface area contributed by atoms with Crippen molar-refractivity contribution in [3.8, 4) is 11.1 Å². The van der Waals surface area contributed by atoms with E-state index in [0.29, 0.717) is 0 Å². The molecule has 1 aliphatic heterocycles. The number of benzene rings is 2. The first kappa shape index (κ1) is 20.7. The third-order valence-electron chi connectivity index (χ3n) is 6.25. The highest BCUT2D eigenvalue weighted by Crippen LogP contribution is 2.31. The van der Waals surface area contributed by atoms with Gasteiger partial charge < -0.3 is 4.90 Å². The van der Waals surface area contributed by atoms with Crippen LogP contribution >= 0.6 is 0 Å². The molecule has 0 radical (unpaired) electrons. The summed E-state index contributed by atoms with van der Waals surface area (Å²) < 4.78 is 2.03. The maximum absolute atomic E-state index is 5.07. The largest absolute Gasteiger partial charge is 0.354 e. The molecule has 0 spiro atoms. The summed E-state index contributed by atoms with van der Waals surface area (Å²) in [5.41, 5.74) is 5.61. The third-order valence-corrected chi connectivity index (χ3v) is 6.25. The Balaban J connectivity index is 1.46. The Morgan fingerprint density at radius 3 is 2.16 bits per heavy atom. The molecule has 5 nitrogen and oxygen atoms in total. The van der Waals surface area contributed by atoms with Crippen molar-refractivity contribution in [2.75, 3.05) is 31.1 Å². The van der Waals surface area contributed by atoms with Gasteiger partial charge in [-0.05, 0) is 11.1 Å². The summed E-state index contributed by atoms with van der Waals surface area (Å²) >= 11 is 0. The number of piperazine rings is 1. The average molecular weight is 426 g/mol. The van der Waals surface area contributed by atoms with Crippen molar-refractivity contribution in [2.45, 2.75) is 32.7 Å². The minimum absolute atomic E-state index is 0.0378. The zero-order valence-corrected chi connectivity index (χ0v) is 19.2. The quantitative estimate of drug-likeness (QED) is 0.460. The second-order valence-electron chi connectivity index (χ2n) is 9.66. The van der Waals surface area contributed by atoms with E-state index in [1.54, 1.807) is 0 Å². The van der Waals surface area contributed by atoms with Crippen LogP contribution in [0.4, 0.5) is 5.82 Å². The van der Waals surface area contributed by atoms with Crippen LogP contribution in [0.25, 0.3) is 16.8 Å². The standard InChI is InChI=1S/C27H31N5/c1-27(2,3)24-18-25(31-16-14-30(15-17-31)20-21-10-6-4-7-11-21)32-26(29-24)23(19-28-32)22-12-8-5-9-13-22/h4-13,18-19H,14-17,20H2,1-3H3. The van der Waals surface area contributed by atoms with Crippen LogP contribution in [0.3, 0.4) is 0 Å². The molecule has 32 heavy (non-hydrogen) atoms. The van der Waals surface area contributed by atoms with Crippen LogP contribution in [-0.2, 0) is 12.0 Å². The Morgan fingerprint density at radius 1 is 0.844 bits per heavy atom. The molecule has 164 valence electrons. The first-order valence-electron chi connectivity index (χ1n) is 11.4. The van der Waals surface area contributed by atoms with E-state index in [1.807, 2.05) is 16.8 Å². The summed E-state index contributed by atoms with van der Waals surface area (Å²) in [5.74, 6) is 1.14. The fourth-order valence-electron chi connectivity index (χ4n) is 4.35. The summed E-state index contributed by atoms with van der Waals surface area (Å²) in [6.45, 7) is 11.7. The van der Waals surface area contributed by atoms with Gasteiger partial charge in [0.25, 0.3) is 0 Å². The molecule has 5 rings (SSSR count). The van der Waals surface area contributed by atoms with E-state index in [4.69, 9.17) is 10.1 Å². The predicted octanol–water partition coefficient (Wildman–Crippen LogP) is 5.02. The molecule has 0 saturated carbocycles. The minimum Gasteiger partial charge on any atom is -0.354 e. The molecule has 2 aromatic heterocycles. The van der Waals surface area contributed by atoms with Crippen LogP contribution in [0, 0.1) is 0 Å². The lowest BCUT2D eigenvalue weighted by Crippen LogP contribution is -2.46. The molecule has 1 aliphatic rings. The van der Waals surface area contributed by atoms with E-state index in [2.05, 4.69) is 91.2 Å². The zero-order chi connectivity index (χ0) is 22.1. The summed E-state index contributed by atoms with van der Waals surface area (Å²) in [6, 6.07) is 23.4.